The molecule has 1 heterocycles. The van der Waals surface area contributed by atoms with Crippen molar-refractivity contribution in [2.75, 3.05) is 26.2 Å². The molecule has 1 aromatic carbocycles. The topological polar surface area (TPSA) is 80.4 Å². The van der Waals surface area contributed by atoms with Crippen LogP contribution in [0.3, 0.4) is 0 Å². The van der Waals surface area contributed by atoms with Gasteiger partial charge in [0, 0.05) is 31.9 Å². The highest BCUT2D eigenvalue weighted by molar-refractivity contribution is 5.81. The Balaban J connectivity index is 1.99. The predicted octanol–water partition coefficient (Wildman–Crippen LogP) is 4.03. The summed E-state index contributed by atoms with van der Waals surface area (Å²) in [6, 6.07) is 5.22. The van der Waals surface area contributed by atoms with Crippen LogP contribution in [0.25, 0.3) is 0 Å². The van der Waals surface area contributed by atoms with Gasteiger partial charge in [-0.05, 0) is 52.0 Å². The number of piperazine rings is 1. The number of ether oxygens (including phenoxy) is 2. The van der Waals surface area contributed by atoms with Crippen LogP contribution in [0, 0.1) is 0 Å². The highest BCUT2D eigenvalue weighted by Gasteiger charge is 2.31. The summed E-state index contributed by atoms with van der Waals surface area (Å²) in [5.74, 6) is -0.314. The van der Waals surface area contributed by atoms with E-state index in [-0.39, 0.29) is 11.8 Å². The first-order valence-corrected chi connectivity index (χ1v) is 9.43. The van der Waals surface area contributed by atoms with Crippen molar-refractivity contribution in [3.8, 4) is 5.75 Å². The molecule has 10 heteroatoms. The third-order valence-electron chi connectivity index (χ3n) is 4.08. The van der Waals surface area contributed by atoms with Crippen molar-refractivity contribution >= 4 is 18.0 Å². The molecule has 1 amide bonds. The van der Waals surface area contributed by atoms with Crippen LogP contribution in [0.4, 0.5) is 23.7 Å². The minimum absolute atomic E-state index is 0.314. The number of hydrogen-bond donors (Lipinski definition) is 1. The fraction of sp³-hybridized carbons (Fsp3) is 0.500. The van der Waals surface area contributed by atoms with E-state index in [0.29, 0.717) is 43.3 Å². The van der Waals surface area contributed by atoms with E-state index in [4.69, 9.17) is 10.5 Å². The third kappa shape index (κ3) is 7.49. The number of rotatable bonds is 4. The molecule has 2 N–H and O–H groups in total. The molecule has 2 rings (SSSR count). The van der Waals surface area contributed by atoms with E-state index in [9.17, 15) is 18.0 Å². The molecule has 7 nitrogen and oxygen atoms in total. The Morgan fingerprint density at radius 2 is 1.60 bits per heavy atom. The van der Waals surface area contributed by atoms with Crippen LogP contribution in [0.5, 0.6) is 5.75 Å². The lowest BCUT2D eigenvalue weighted by Crippen LogP contribution is -2.50. The van der Waals surface area contributed by atoms with Crippen molar-refractivity contribution in [2.24, 2.45) is 10.7 Å². The van der Waals surface area contributed by atoms with Crippen LogP contribution in [0.2, 0.25) is 0 Å². The zero-order chi connectivity index (χ0) is 22.5. The molecular weight excluding hydrogens is 401 g/mol. The minimum atomic E-state index is -4.74. The summed E-state index contributed by atoms with van der Waals surface area (Å²) < 4.78 is 46.0. The maximum Gasteiger partial charge on any atom is 0.573 e. The van der Waals surface area contributed by atoms with Gasteiger partial charge in [-0.15, -0.1) is 13.2 Å². The highest BCUT2D eigenvalue weighted by atomic mass is 19.4. The smallest absolute Gasteiger partial charge is 0.444 e. The van der Waals surface area contributed by atoms with Crippen molar-refractivity contribution in [1.82, 2.24) is 9.80 Å². The second kappa shape index (κ2) is 9.27. The van der Waals surface area contributed by atoms with Crippen LogP contribution < -0.4 is 10.5 Å². The molecule has 1 saturated heterocycles. The fourth-order valence-electron chi connectivity index (χ4n) is 2.76. The number of benzene rings is 1. The van der Waals surface area contributed by atoms with Crippen LogP contribution >= 0.6 is 0 Å². The van der Waals surface area contributed by atoms with Gasteiger partial charge in [-0.2, -0.15) is 0 Å². The maximum absolute atomic E-state index is 12.2. The molecule has 0 aromatic heterocycles. The number of hydrogen-bond acceptors (Lipinski definition) is 6. The normalized spacial score (nSPS) is 16.5. The van der Waals surface area contributed by atoms with Crippen molar-refractivity contribution in [3.05, 3.63) is 35.7 Å². The summed E-state index contributed by atoms with van der Waals surface area (Å²) in [6.45, 7) is 9.24. The number of nitrogens with two attached hydrogens (primary N) is 1. The summed E-state index contributed by atoms with van der Waals surface area (Å²) >= 11 is 0. The fourth-order valence-corrected chi connectivity index (χ4v) is 2.76. The number of aliphatic imine (C=N–C) groups is 1. The zero-order valence-electron chi connectivity index (χ0n) is 17.5. The summed E-state index contributed by atoms with van der Waals surface area (Å²) in [7, 11) is 0. The van der Waals surface area contributed by atoms with E-state index in [1.54, 1.807) is 18.0 Å². The number of carbonyl (C=O) groups excluding carboxylic acids is 1. The molecule has 166 valence electrons. The summed E-state index contributed by atoms with van der Waals surface area (Å²) in [5, 5.41) is 0. The Morgan fingerprint density at radius 1 is 1.07 bits per heavy atom. The average molecular weight is 428 g/mol. The number of amides is 1. The van der Waals surface area contributed by atoms with Crippen molar-refractivity contribution < 1.29 is 27.4 Å². The molecule has 0 spiro atoms. The van der Waals surface area contributed by atoms with E-state index < -0.39 is 12.0 Å². The molecule has 0 aliphatic carbocycles. The van der Waals surface area contributed by atoms with Crippen LogP contribution in [0.1, 0.15) is 27.7 Å². The quantitative estimate of drug-likeness (QED) is 0.733. The number of carbonyl (C=O) groups is 1. The van der Waals surface area contributed by atoms with E-state index >= 15 is 0 Å². The predicted molar refractivity (Wildman–Crippen MR) is 108 cm³/mol. The maximum atomic E-state index is 12.2. The highest BCUT2D eigenvalue weighted by Crippen LogP contribution is 2.25. The lowest BCUT2D eigenvalue weighted by atomic mass is 10.2. The lowest BCUT2D eigenvalue weighted by Gasteiger charge is -2.37. The molecule has 0 bridgehead atoms. The largest absolute Gasteiger partial charge is 0.573 e. The van der Waals surface area contributed by atoms with Gasteiger partial charge >= 0.3 is 12.5 Å². The number of alkyl halides is 3. The second-order valence-corrected chi connectivity index (χ2v) is 7.82. The second-order valence-electron chi connectivity index (χ2n) is 7.82. The van der Waals surface area contributed by atoms with Crippen LogP contribution in [-0.4, -0.2) is 60.3 Å². The number of nitrogens with zero attached hydrogens (tertiary/aromatic N) is 3. The van der Waals surface area contributed by atoms with Gasteiger partial charge in [0.25, 0.3) is 0 Å². The summed E-state index contributed by atoms with van der Waals surface area (Å²) in [5.41, 5.74) is 7.13. The van der Waals surface area contributed by atoms with Gasteiger partial charge in [-0.25, -0.2) is 4.79 Å². The monoisotopic (exact) mass is 428 g/mol. The Hall–Kier alpha value is -2.91. The number of halogens is 3. The Morgan fingerprint density at radius 3 is 2.07 bits per heavy atom. The molecule has 0 radical (unpaired) electrons. The molecule has 0 atom stereocenters. The molecule has 0 unspecified atom stereocenters. The van der Waals surface area contributed by atoms with Gasteiger partial charge in [0.15, 0.2) is 0 Å². The Bertz CT molecular complexity index is 787. The first kappa shape index (κ1) is 23.4. The van der Waals surface area contributed by atoms with Crippen LogP contribution in [-0.2, 0) is 4.74 Å². The van der Waals surface area contributed by atoms with Crippen molar-refractivity contribution in [2.45, 2.75) is 39.7 Å². The SMILES string of the molecule is C/C(N)=C(/C=Nc1ccc(OC(F)(F)F)cc1)N1CCN(C(=O)OC(C)(C)C)CC1. The van der Waals surface area contributed by atoms with Gasteiger partial charge in [0.2, 0.25) is 0 Å². The molecule has 1 aliphatic rings. The molecule has 1 aliphatic heterocycles. The first-order chi connectivity index (χ1) is 13.8. The molecule has 30 heavy (non-hydrogen) atoms. The van der Waals surface area contributed by atoms with Gasteiger partial charge in [0.05, 0.1) is 17.6 Å². The Labute approximate surface area is 173 Å². The van der Waals surface area contributed by atoms with Gasteiger partial charge in [-0.3, -0.25) is 4.99 Å². The van der Waals surface area contributed by atoms with E-state index in [0.717, 1.165) is 0 Å². The zero-order valence-corrected chi connectivity index (χ0v) is 17.5. The Kier molecular flexibility index (Phi) is 7.22. The van der Waals surface area contributed by atoms with E-state index in [1.165, 1.54) is 24.3 Å². The molecular formula is C20H27F3N4O3. The first-order valence-electron chi connectivity index (χ1n) is 9.43. The van der Waals surface area contributed by atoms with Crippen molar-refractivity contribution in [1.29, 1.82) is 0 Å². The van der Waals surface area contributed by atoms with E-state index in [1.807, 2.05) is 25.7 Å². The average Bonchev–Trinajstić information content (AvgIpc) is 2.61. The molecule has 1 fully saturated rings. The van der Waals surface area contributed by atoms with Gasteiger partial charge < -0.3 is 25.0 Å². The van der Waals surface area contributed by atoms with Crippen LogP contribution in [0.15, 0.2) is 40.7 Å². The summed E-state index contributed by atoms with van der Waals surface area (Å²) in [6.07, 6.45) is -3.52. The standard InChI is InChI=1S/C20H27F3N4O3/c1-14(24)17(13-25-15-5-7-16(8-6-15)29-20(21,22)23)26-9-11-27(12-10-26)18(28)30-19(2,3)4/h5-8,13H,9-12,24H2,1-4H3/b17-14+,25-13?. The summed E-state index contributed by atoms with van der Waals surface area (Å²) in [4.78, 5) is 20.1. The molecule has 1 aromatic rings. The lowest BCUT2D eigenvalue weighted by molar-refractivity contribution is -0.274. The molecule has 0 saturated carbocycles. The van der Waals surface area contributed by atoms with E-state index in [2.05, 4.69) is 9.73 Å². The minimum Gasteiger partial charge on any atom is -0.444 e. The van der Waals surface area contributed by atoms with Gasteiger partial charge in [0.1, 0.15) is 11.4 Å². The number of allylic oxidation sites excluding steroid dienone is 2. The van der Waals surface area contributed by atoms with Crippen molar-refractivity contribution in [3.63, 3.8) is 0 Å². The third-order valence-corrected chi connectivity index (χ3v) is 4.08. The van der Waals surface area contributed by atoms with Gasteiger partial charge in [-0.1, -0.05) is 0 Å².